The number of nitrogens with zero attached hydrogens (tertiary/aromatic N) is 2. The molecule has 0 saturated carbocycles. The second-order valence-electron chi connectivity index (χ2n) is 11.7. The van der Waals surface area contributed by atoms with Gasteiger partial charge in [0.25, 0.3) is 0 Å². The number of piperidine rings is 1. The molecular weight excluding hydrogens is 622 g/mol. The van der Waals surface area contributed by atoms with E-state index < -0.39 is 10.8 Å². The summed E-state index contributed by atoms with van der Waals surface area (Å²) in [5.74, 6) is -0.0862. The zero-order valence-electron chi connectivity index (χ0n) is 22.4. The van der Waals surface area contributed by atoms with Crippen LogP contribution in [-0.4, -0.2) is 34.2 Å². The van der Waals surface area contributed by atoms with Crippen LogP contribution < -0.4 is 10.6 Å². The summed E-state index contributed by atoms with van der Waals surface area (Å²) in [6.07, 6.45) is 4.16. The van der Waals surface area contributed by atoms with Gasteiger partial charge in [-0.1, -0.05) is 60.7 Å². The normalized spacial score (nSPS) is 22.7. The molecule has 3 heterocycles. The molecule has 7 nitrogen and oxygen atoms in total. The van der Waals surface area contributed by atoms with Gasteiger partial charge in [-0.3, -0.25) is 14.4 Å². The maximum Gasteiger partial charge on any atom is 0.244 e. The summed E-state index contributed by atoms with van der Waals surface area (Å²) in [7, 11) is 0. The molecule has 0 radical (unpaired) electrons. The number of carbonyl (C=O) groups excluding carboxylic acids is 3. The largest absolute Gasteiger partial charge is 0.326 e. The van der Waals surface area contributed by atoms with Crippen LogP contribution in [0.25, 0.3) is 0 Å². The fourth-order valence-corrected chi connectivity index (χ4v) is 7.01. The van der Waals surface area contributed by atoms with Crippen molar-refractivity contribution in [2.75, 3.05) is 17.2 Å². The van der Waals surface area contributed by atoms with Crippen molar-refractivity contribution < 1.29 is 18.8 Å². The van der Waals surface area contributed by atoms with E-state index in [9.17, 15) is 18.8 Å². The molecule has 3 amide bonds. The molecule has 2 atom stereocenters. The van der Waals surface area contributed by atoms with Crippen LogP contribution in [0.5, 0.6) is 0 Å². The summed E-state index contributed by atoms with van der Waals surface area (Å²) in [4.78, 5) is 45.8. The SMILES string of the molecule is CC1(C)CC[C@@H](c2ccc(F)c(CI)c2)N(CC(=O)Nc2ccc3c(c2)C[C@@]2(C3)C(=O)Nc3ncccc32)C1=O. The third-order valence-electron chi connectivity index (χ3n) is 8.64. The van der Waals surface area contributed by atoms with E-state index >= 15 is 0 Å². The molecule has 9 heteroatoms. The zero-order chi connectivity index (χ0) is 28.2. The number of alkyl halides is 1. The summed E-state index contributed by atoms with van der Waals surface area (Å²) in [5.41, 5.74) is 3.78. The van der Waals surface area contributed by atoms with Crippen molar-refractivity contribution in [3.63, 3.8) is 0 Å². The lowest BCUT2D eigenvalue weighted by molar-refractivity contribution is -0.150. The number of halogens is 2. The van der Waals surface area contributed by atoms with E-state index in [1.54, 1.807) is 17.2 Å². The number of likely N-dealkylation sites (tertiary alicyclic amines) is 1. The molecule has 1 saturated heterocycles. The molecule has 1 aromatic heterocycles. The number of amides is 3. The quantitative estimate of drug-likeness (QED) is 0.283. The molecule has 40 heavy (non-hydrogen) atoms. The van der Waals surface area contributed by atoms with Crippen LogP contribution in [0.3, 0.4) is 0 Å². The number of pyridine rings is 1. The predicted molar refractivity (Wildman–Crippen MR) is 159 cm³/mol. The van der Waals surface area contributed by atoms with E-state index in [1.807, 2.05) is 50.2 Å². The first-order chi connectivity index (χ1) is 19.1. The Morgan fingerprint density at radius 2 is 1.95 bits per heavy atom. The number of hydrogen-bond donors (Lipinski definition) is 2. The van der Waals surface area contributed by atoms with Crippen LogP contribution >= 0.6 is 22.6 Å². The van der Waals surface area contributed by atoms with E-state index in [0.717, 1.165) is 22.3 Å². The van der Waals surface area contributed by atoms with Crippen molar-refractivity contribution >= 4 is 51.8 Å². The third-order valence-corrected chi connectivity index (χ3v) is 9.46. The topological polar surface area (TPSA) is 91.4 Å². The van der Waals surface area contributed by atoms with Crippen LogP contribution in [0, 0.1) is 11.2 Å². The highest BCUT2D eigenvalue weighted by atomic mass is 127. The first-order valence-corrected chi connectivity index (χ1v) is 15.0. The van der Waals surface area contributed by atoms with Gasteiger partial charge in [0.1, 0.15) is 18.2 Å². The second-order valence-corrected chi connectivity index (χ2v) is 12.4. The highest BCUT2D eigenvalue weighted by molar-refractivity contribution is 14.1. The van der Waals surface area contributed by atoms with Crippen LogP contribution in [0.1, 0.15) is 60.5 Å². The minimum Gasteiger partial charge on any atom is -0.326 e. The Morgan fingerprint density at radius 1 is 1.15 bits per heavy atom. The van der Waals surface area contributed by atoms with E-state index in [2.05, 4.69) is 38.2 Å². The molecule has 2 aliphatic heterocycles. The summed E-state index contributed by atoms with van der Waals surface area (Å²) in [6.45, 7) is 3.70. The van der Waals surface area contributed by atoms with Gasteiger partial charge in [0.2, 0.25) is 17.7 Å². The van der Waals surface area contributed by atoms with Crippen LogP contribution in [0.4, 0.5) is 15.9 Å². The molecule has 2 N–H and O–H groups in total. The van der Waals surface area contributed by atoms with E-state index in [1.165, 1.54) is 6.07 Å². The highest BCUT2D eigenvalue weighted by Crippen LogP contribution is 2.47. The van der Waals surface area contributed by atoms with Gasteiger partial charge in [-0.2, -0.15) is 0 Å². The fourth-order valence-electron chi connectivity index (χ4n) is 6.42. The Bertz CT molecular complexity index is 1560. The van der Waals surface area contributed by atoms with Crippen molar-refractivity contribution in [2.45, 2.75) is 55.4 Å². The number of rotatable bonds is 5. The predicted octanol–water partition coefficient (Wildman–Crippen LogP) is 5.47. The van der Waals surface area contributed by atoms with Crippen molar-refractivity contribution in [2.24, 2.45) is 5.41 Å². The van der Waals surface area contributed by atoms with E-state index in [4.69, 9.17) is 0 Å². The maximum absolute atomic E-state index is 14.2. The van der Waals surface area contributed by atoms with Gasteiger partial charge in [-0.05, 0) is 72.2 Å². The fraction of sp³-hybridized carbons (Fsp3) is 0.355. The maximum atomic E-state index is 14.2. The van der Waals surface area contributed by atoms with Crippen LogP contribution in [-0.2, 0) is 37.1 Å². The number of anilines is 2. The van der Waals surface area contributed by atoms with Gasteiger partial charge in [0.15, 0.2) is 0 Å². The van der Waals surface area contributed by atoms with E-state index in [-0.39, 0.29) is 36.1 Å². The molecular formula is C31H30FIN4O3. The molecule has 3 aromatic rings. The number of aromatic nitrogens is 1. The van der Waals surface area contributed by atoms with Gasteiger partial charge in [0, 0.05) is 27.3 Å². The Labute approximate surface area is 246 Å². The van der Waals surface area contributed by atoms with E-state index in [0.29, 0.717) is 47.2 Å². The Balaban J connectivity index is 1.21. The molecule has 206 valence electrons. The third kappa shape index (κ3) is 4.48. The lowest BCUT2D eigenvalue weighted by atomic mass is 9.78. The number of fused-ring (bicyclic) bond motifs is 3. The van der Waals surface area contributed by atoms with Gasteiger partial charge in [0.05, 0.1) is 11.5 Å². The number of benzene rings is 2. The number of hydrogen-bond acceptors (Lipinski definition) is 4. The van der Waals surface area contributed by atoms with Gasteiger partial charge >= 0.3 is 0 Å². The van der Waals surface area contributed by atoms with Gasteiger partial charge in [-0.15, -0.1) is 0 Å². The van der Waals surface area contributed by atoms with Gasteiger partial charge < -0.3 is 15.5 Å². The monoisotopic (exact) mass is 652 g/mol. The summed E-state index contributed by atoms with van der Waals surface area (Å²) < 4.78 is 14.7. The average molecular weight is 653 g/mol. The van der Waals surface area contributed by atoms with Crippen LogP contribution in [0.2, 0.25) is 0 Å². The Hall–Kier alpha value is -3.34. The first-order valence-electron chi connectivity index (χ1n) is 13.5. The zero-order valence-corrected chi connectivity index (χ0v) is 24.5. The minimum atomic E-state index is -0.681. The number of carbonyl (C=O) groups is 3. The molecule has 1 spiro atoms. The van der Waals surface area contributed by atoms with Crippen LogP contribution in [0.15, 0.2) is 54.7 Å². The lowest BCUT2D eigenvalue weighted by Gasteiger charge is -2.43. The second kappa shape index (κ2) is 9.94. The molecule has 2 aromatic carbocycles. The molecule has 0 bridgehead atoms. The number of nitrogens with one attached hydrogen (secondary N) is 2. The van der Waals surface area contributed by atoms with Crippen molar-refractivity contribution in [3.8, 4) is 0 Å². The lowest BCUT2D eigenvalue weighted by Crippen LogP contribution is -2.50. The van der Waals surface area contributed by atoms with Crippen molar-refractivity contribution in [3.05, 3.63) is 88.4 Å². The molecule has 0 unspecified atom stereocenters. The van der Waals surface area contributed by atoms with Gasteiger partial charge in [-0.25, -0.2) is 9.37 Å². The molecule has 1 aliphatic carbocycles. The first kappa shape index (κ1) is 26.9. The summed E-state index contributed by atoms with van der Waals surface area (Å²) in [6, 6.07) is 14.2. The van der Waals surface area contributed by atoms with Crippen molar-refractivity contribution in [1.82, 2.24) is 9.88 Å². The molecule has 1 fully saturated rings. The van der Waals surface area contributed by atoms with Crippen molar-refractivity contribution in [1.29, 1.82) is 0 Å². The smallest absolute Gasteiger partial charge is 0.244 e. The molecule has 6 rings (SSSR count). The summed E-state index contributed by atoms with van der Waals surface area (Å²) >= 11 is 2.13. The minimum absolute atomic E-state index is 0.0493. The Kier molecular flexibility index (Phi) is 6.67. The standard InChI is InChI=1S/C31H30FIN4O3/c1-30(2)10-9-25(18-6-8-24(32)21(12-18)16-33)37(29(30)40)17-26(38)35-22-7-5-19-14-31(15-20(19)13-22)23-4-3-11-34-27(23)36-28(31)39/h3-8,11-13,25H,9-10,14-17H2,1-2H3,(H,35,38)(H,34,36,39)/t25-,31+/m0/s1. The summed E-state index contributed by atoms with van der Waals surface area (Å²) in [5, 5.41) is 5.89. The Morgan fingerprint density at radius 3 is 2.75 bits per heavy atom. The highest BCUT2D eigenvalue weighted by Gasteiger charge is 2.51. The average Bonchev–Trinajstić information content (AvgIpc) is 3.44. The molecule has 3 aliphatic rings.